The monoisotopic (exact) mass is 1010 g/mol. The highest BCUT2D eigenvalue weighted by Crippen LogP contribution is 2.45. The minimum absolute atomic E-state index is 0.0779. The summed E-state index contributed by atoms with van der Waals surface area (Å²) in [6.45, 7) is 24.2. The molecule has 0 spiro atoms. The lowest BCUT2D eigenvalue weighted by atomic mass is 9.83. The largest absolute Gasteiger partial charge is 0.487 e. The molecule has 17 heteroatoms. The van der Waals surface area contributed by atoms with Crippen molar-refractivity contribution in [2.45, 2.75) is 157 Å². The Bertz CT molecular complexity index is 1660. The van der Waals surface area contributed by atoms with Crippen LogP contribution >= 0.6 is 0 Å². The summed E-state index contributed by atoms with van der Waals surface area (Å²) in [4.78, 5) is 36.2. The van der Waals surface area contributed by atoms with E-state index in [2.05, 4.69) is 39.9 Å². The highest BCUT2D eigenvalue weighted by molar-refractivity contribution is 5.80. The van der Waals surface area contributed by atoms with Crippen LogP contribution < -0.4 is 32.0 Å². The lowest BCUT2D eigenvalue weighted by Crippen LogP contribution is -2.37. The van der Waals surface area contributed by atoms with Gasteiger partial charge in [0.2, 0.25) is 5.91 Å². The predicted octanol–water partition coefficient (Wildman–Crippen LogP) is 7.07. The SMILES string of the molecule is Cc1c(C)c2c(c(C)c1OC(=O)CCC(=O)OCCOCCOCCOCCOCCOCCOCCOCCN/C=C(\N)C[C@H](N)C(N)=O)CC[C@@](C)(CCC[C@H](C)CCC[C@H](C)CCCC(C)C)O2. The number of carbonyl (C=O) groups excluding carboxylic acids is 3. The average Bonchev–Trinajstić information content (AvgIpc) is 3.32. The molecule has 71 heavy (non-hydrogen) atoms. The zero-order valence-corrected chi connectivity index (χ0v) is 45.1. The van der Waals surface area contributed by atoms with Crippen molar-refractivity contribution in [3.05, 3.63) is 34.2 Å². The first-order chi connectivity index (χ1) is 34.0. The van der Waals surface area contributed by atoms with E-state index >= 15 is 0 Å². The minimum atomic E-state index is -0.800. The van der Waals surface area contributed by atoms with Gasteiger partial charge in [-0.05, 0) is 87.8 Å². The third-order valence-corrected chi connectivity index (χ3v) is 12.8. The molecule has 1 aromatic carbocycles. The number of nitrogens with one attached hydrogen (secondary N) is 1. The lowest BCUT2D eigenvalue weighted by molar-refractivity contribution is -0.148. The second-order valence-electron chi connectivity index (χ2n) is 19.8. The topological polar surface area (TPSA) is 234 Å². The van der Waals surface area contributed by atoms with Crippen LogP contribution in [0.2, 0.25) is 0 Å². The van der Waals surface area contributed by atoms with Gasteiger partial charge in [-0.15, -0.1) is 0 Å². The number of ether oxygens (including phenoxy) is 10. The van der Waals surface area contributed by atoms with E-state index in [1.165, 1.54) is 44.9 Å². The molecule has 1 aliphatic rings. The first-order valence-corrected chi connectivity index (χ1v) is 26.5. The molecule has 1 amide bonds. The maximum absolute atomic E-state index is 12.9. The Kier molecular flexibility index (Phi) is 34.1. The van der Waals surface area contributed by atoms with Gasteiger partial charge in [0, 0.05) is 30.4 Å². The van der Waals surface area contributed by atoms with Crippen LogP contribution in [0, 0.1) is 38.5 Å². The van der Waals surface area contributed by atoms with Crippen molar-refractivity contribution in [3.63, 3.8) is 0 Å². The molecule has 0 saturated carbocycles. The number of hydrogen-bond donors (Lipinski definition) is 4. The fraction of sp³-hybridized carbons (Fsp3) is 0.796. The zero-order chi connectivity index (χ0) is 52.3. The summed E-state index contributed by atoms with van der Waals surface area (Å²) in [6.07, 6.45) is 14.8. The third-order valence-electron chi connectivity index (χ3n) is 12.8. The van der Waals surface area contributed by atoms with Crippen LogP contribution in [0.4, 0.5) is 0 Å². The number of carbonyl (C=O) groups is 3. The summed E-state index contributed by atoms with van der Waals surface area (Å²) >= 11 is 0. The normalized spacial score (nSPS) is 16.1. The van der Waals surface area contributed by atoms with E-state index in [-0.39, 0.29) is 38.1 Å². The van der Waals surface area contributed by atoms with Gasteiger partial charge in [-0.2, -0.15) is 0 Å². The summed E-state index contributed by atoms with van der Waals surface area (Å²) in [5.74, 6) is 2.31. The van der Waals surface area contributed by atoms with Crippen LogP contribution in [-0.2, 0) is 58.7 Å². The van der Waals surface area contributed by atoms with E-state index in [1.54, 1.807) is 6.20 Å². The number of nitrogens with two attached hydrogens (primary N) is 3. The molecule has 1 aliphatic heterocycles. The average molecular weight is 1010 g/mol. The Hall–Kier alpha value is -3.55. The molecule has 7 N–H and O–H groups in total. The van der Waals surface area contributed by atoms with E-state index in [1.807, 2.05) is 20.8 Å². The highest BCUT2D eigenvalue weighted by Gasteiger charge is 2.35. The number of benzene rings is 1. The number of fused-ring (bicyclic) bond motifs is 1. The van der Waals surface area contributed by atoms with Crippen molar-refractivity contribution in [2.75, 3.05) is 106 Å². The van der Waals surface area contributed by atoms with Crippen LogP contribution in [-0.4, -0.2) is 135 Å². The summed E-state index contributed by atoms with van der Waals surface area (Å²) in [5.41, 5.74) is 20.6. The Labute approximate surface area is 426 Å². The van der Waals surface area contributed by atoms with Gasteiger partial charge in [-0.1, -0.05) is 72.6 Å². The molecule has 0 bridgehead atoms. The number of amides is 1. The van der Waals surface area contributed by atoms with Gasteiger partial charge >= 0.3 is 11.9 Å². The Balaban J connectivity index is 1.43. The Morgan fingerprint density at radius 3 is 1.61 bits per heavy atom. The van der Waals surface area contributed by atoms with Crippen molar-refractivity contribution in [1.29, 1.82) is 0 Å². The van der Waals surface area contributed by atoms with Crippen molar-refractivity contribution >= 4 is 17.8 Å². The molecule has 4 atom stereocenters. The summed E-state index contributed by atoms with van der Waals surface area (Å²) < 4.78 is 56.4. The van der Waals surface area contributed by atoms with Crippen molar-refractivity contribution in [3.8, 4) is 11.5 Å². The van der Waals surface area contributed by atoms with Crippen molar-refractivity contribution < 1.29 is 61.8 Å². The van der Waals surface area contributed by atoms with Crippen LogP contribution in [0.15, 0.2) is 11.9 Å². The fourth-order valence-electron chi connectivity index (χ4n) is 8.24. The number of esters is 2. The summed E-state index contributed by atoms with van der Waals surface area (Å²) in [5, 5.41) is 2.99. The van der Waals surface area contributed by atoms with E-state index in [9.17, 15) is 14.4 Å². The van der Waals surface area contributed by atoms with Gasteiger partial charge in [-0.25, -0.2) is 0 Å². The molecular formula is C54H96N4O13. The standard InChI is InChI=1S/C54H96N4O13/c1-40(2)12-9-13-41(3)14-10-15-42(4)16-11-20-54(8)21-19-47-45(7)51(43(5)44(6)52(47)71-54)70-50(60)18-17-49(59)69-37-36-68-35-34-67-33-32-66-31-30-65-29-28-64-27-26-63-25-24-62-23-22-58-39-46(55)38-48(56)53(57)61/h39-42,48,58H,9-38,55-56H2,1-8H3,(H2,57,61)/b46-39-/t41-,42-,48+,54-/m1/s1. The van der Waals surface area contributed by atoms with E-state index in [4.69, 9.17) is 64.6 Å². The van der Waals surface area contributed by atoms with Gasteiger partial charge in [0.15, 0.2) is 0 Å². The molecule has 0 saturated heterocycles. The highest BCUT2D eigenvalue weighted by atomic mass is 16.6. The molecule has 0 aromatic heterocycles. The fourth-order valence-corrected chi connectivity index (χ4v) is 8.24. The zero-order valence-electron chi connectivity index (χ0n) is 45.1. The molecule has 2 rings (SSSR count). The van der Waals surface area contributed by atoms with E-state index in [0.717, 1.165) is 71.4 Å². The van der Waals surface area contributed by atoms with Gasteiger partial charge in [0.1, 0.15) is 23.7 Å². The van der Waals surface area contributed by atoms with Crippen molar-refractivity contribution in [1.82, 2.24) is 5.32 Å². The van der Waals surface area contributed by atoms with Gasteiger partial charge in [0.25, 0.3) is 0 Å². The van der Waals surface area contributed by atoms with Crippen LogP contribution in [0.5, 0.6) is 11.5 Å². The minimum Gasteiger partial charge on any atom is -0.487 e. The molecule has 17 nitrogen and oxygen atoms in total. The quantitative estimate of drug-likeness (QED) is 0.0291. The molecule has 1 aromatic rings. The molecular weight excluding hydrogens is 913 g/mol. The predicted molar refractivity (Wildman–Crippen MR) is 276 cm³/mol. The smallest absolute Gasteiger partial charge is 0.311 e. The van der Waals surface area contributed by atoms with Crippen molar-refractivity contribution in [2.24, 2.45) is 35.0 Å². The third kappa shape index (κ3) is 29.7. The molecule has 0 fully saturated rings. The molecule has 0 radical (unpaired) electrons. The number of hydrogen-bond acceptors (Lipinski definition) is 16. The van der Waals surface area contributed by atoms with Crippen LogP contribution in [0.3, 0.4) is 0 Å². The maximum Gasteiger partial charge on any atom is 0.311 e. The van der Waals surface area contributed by atoms with E-state index < -0.39 is 23.9 Å². The summed E-state index contributed by atoms with van der Waals surface area (Å²) in [6, 6.07) is -0.800. The number of rotatable bonds is 44. The Morgan fingerprint density at radius 2 is 1.10 bits per heavy atom. The second-order valence-corrected chi connectivity index (χ2v) is 19.8. The maximum atomic E-state index is 12.9. The molecule has 0 unspecified atom stereocenters. The Morgan fingerprint density at radius 1 is 0.634 bits per heavy atom. The molecule has 410 valence electrons. The van der Waals surface area contributed by atoms with Gasteiger partial charge in [-0.3, -0.25) is 14.4 Å². The first kappa shape index (κ1) is 63.6. The number of primary amides is 1. The van der Waals surface area contributed by atoms with Crippen LogP contribution in [0.25, 0.3) is 0 Å². The van der Waals surface area contributed by atoms with Gasteiger partial charge in [0.05, 0.1) is 111 Å². The van der Waals surface area contributed by atoms with Crippen LogP contribution in [0.1, 0.15) is 140 Å². The lowest BCUT2D eigenvalue weighted by Gasteiger charge is -2.38. The first-order valence-electron chi connectivity index (χ1n) is 26.5. The van der Waals surface area contributed by atoms with E-state index in [0.29, 0.717) is 104 Å². The molecule has 1 heterocycles. The summed E-state index contributed by atoms with van der Waals surface area (Å²) in [7, 11) is 0. The second kappa shape index (κ2) is 38.1. The van der Waals surface area contributed by atoms with Gasteiger partial charge < -0.3 is 69.9 Å². The molecule has 0 aliphatic carbocycles.